The fourth-order valence-corrected chi connectivity index (χ4v) is 9.97. The minimum absolute atomic E-state index is 0.151. The predicted molar refractivity (Wildman–Crippen MR) is 136 cm³/mol. The molecule has 1 heteroatoms. The van der Waals surface area contributed by atoms with Crippen molar-refractivity contribution in [3.8, 4) is 0 Å². The van der Waals surface area contributed by atoms with Gasteiger partial charge in [0, 0.05) is 11.8 Å². The Hall–Kier alpha value is -0.590. The fourth-order valence-electron chi connectivity index (χ4n) is 9.97. The molecule has 0 aromatic heterocycles. The first kappa shape index (κ1) is 24.5. The maximum Gasteiger partial charge on any atom is 0.143 e. The van der Waals surface area contributed by atoms with Crippen LogP contribution in [0.15, 0.2) is 11.6 Å². The smallest absolute Gasteiger partial charge is 0.143 e. The van der Waals surface area contributed by atoms with Gasteiger partial charge in [-0.25, -0.2) is 0 Å². The Bertz CT molecular complexity index is 727. The third-order valence-electron chi connectivity index (χ3n) is 11.8. The van der Waals surface area contributed by atoms with Crippen LogP contribution in [0.2, 0.25) is 0 Å². The summed E-state index contributed by atoms with van der Waals surface area (Å²) in [5.41, 5.74) is 2.25. The van der Waals surface area contributed by atoms with Gasteiger partial charge in [0.05, 0.1) is 0 Å². The topological polar surface area (TPSA) is 17.1 Å². The number of Topliss-reactive ketones (excluding diaryl/α,β-unsaturated/α-hetero) is 1. The van der Waals surface area contributed by atoms with Crippen molar-refractivity contribution in [2.75, 3.05) is 0 Å². The van der Waals surface area contributed by atoms with Gasteiger partial charge >= 0.3 is 0 Å². The van der Waals surface area contributed by atoms with Crippen LogP contribution in [0.5, 0.6) is 0 Å². The average Bonchev–Trinajstić information content (AvgIpc) is 3.11. The van der Waals surface area contributed by atoms with Crippen LogP contribution in [0, 0.1) is 51.8 Å². The van der Waals surface area contributed by atoms with Crippen LogP contribution in [0.4, 0.5) is 0 Å². The van der Waals surface area contributed by atoms with E-state index in [1.807, 2.05) is 0 Å². The van der Waals surface area contributed by atoms with E-state index in [1.54, 1.807) is 5.57 Å². The van der Waals surface area contributed by atoms with E-state index in [0.717, 1.165) is 61.2 Å². The van der Waals surface area contributed by atoms with Crippen molar-refractivity contribution in [2.24, 2.45) is 51.8 Å². The highest BCUT2D eigenvalue weighted by atomic mass is 16.1. The van der Waals surface area contributed by atoms with E-state index in [9.17, 15) is 4.79 Å². The number of ketones is 1. The molecule has 0 radical (unpaired) electrons. The second kappa shape index (κ2) is 8.88. The lowest BCUT2D eigenvalue weighted by atomic mass is 9.43. The van der Waals surface area contributed by atoms with E-state index >= 15 is 0 Å². The summed E-state index contributed by atoms with van der Waals surface area (Å²) >= 11 is 0. The van der Waals surface area contributed by atoms with Gasteiger partial charge in [0.2, 0.25) is 0 Å². The molecule has 0 aromatic rings. The summed E-state index contributed by atoms with van der Waals surface area (Å²) in [5.74, 6) is 5.76. The number of carbonyl (C=O) groups excluding carboxylic acids is 1. The fraction of sp³-hybridized carbons (Fsp3) is 0.903. The molecule has 0 aromatic carbocycles. The van der Waals surface area contributed by atoms with E-state index in [0.29, 0.717) is 11.2 Å². The number of hydrogen-bond acceptors (Lipinski definition) is 1. The van der Waals surface area contributed by atoms with E-state index < -0.39 is 0 Å². The Kier molecular flexibility index (Phi) is 6.81. The Morgan fingerprint density at radius 3 is 2.34 bits per heavy atom. The van der Waals surface area contributed by atoms with Crippen molar-refractivity contribution in [2.45, 2.75) is 126 Å². The van der Waals surface area contributed by atoms with Crippen molar-refractivity contribution in [1.82, 2.24) is 0 Å². The van der Waals surface area contributed by atoms with Crippen LogP contribution < -0.4 is 0 Å². The minimum Gasteiger partial charge on any atom is -0.299 e. The molecule has 4 rings (SSSR count). The Balaban J connectivity index is 1.57. The molecule has 0 heterocycles. The molecule has 0 N–H and O–H groups in total. The normalized spacial score (nSPS) is 41.6. The maximum absolute atomic E-state index is 13.2. The molecule has 3 fully saturated rings. The van der Waals surface area contributed by atoms with Gasteiger partial charge in [-0.05, 0) is 97.7 Å². The van der Waals surface area contributed by atoms with Crippen LogP contribution in [-0.2, 0) is 4.79 Å². The zero-order valence-corrected chi connectivity index (χ0v) is 22.4. The van der Waals surface area contributed by atoms with Crippen molar-refractivity contribution in [3.05, 3.63) is 11.6 Å². The third-order valence-corrected chi connectivity index (χ3v) is 11.8. The monoisotopic (exact) mass is 440 g/mol. The summed E-state index contributed by atoms with van der Waals surface area (Å²) < 4.78 is 0. The summed E-state index contributed by atoms with van der Waals surface area (Å²) in [6, 6.07) is 0. The van der Waals surface area contributed by atoms with Gasteiger partial charge in [-0.3, -0.25) is 4.79 Å². The van der Waals surface area contributed by atoms with Crippen molar-refractivity contribution in [3.63, 3.8) is 0 Å². The molecule has 0 bridgehead atoms. The quantitative estimate of drug-likeness (QED) is 0.361. The van der Waals surface area contributed by atoms with Gasteiger partial charge in [0.1, 0.15) is 5.78 Å². The van der Waals surface area contributed by atoms with E-state index in [4.69, 9.17) is 0 Å². The molecule has 3 saturated carbocycles. The molecule has 0 amide bonds. The molecule has 4 aliphatic carbocycles. The first-order valence-electron chi connectivity index (χ1n) is 14.4. The van der Waals surface area contributed by atoms with Crippen molar-refractivity contribution < 1.29 is 4.79 Å². The van der Waals surface area contributed by atoms with Crippen LogP contribution in [0.25, 0.3) is 0 Å². The Morgan fingerprint density at radius 1 is 0.969 bits per heavy atom. The standard InChI is InChI=1S/C31H52O/c1-8-31(9-2)27-16-13-23-25-15-14-24(22(5)12-10-11-21(3)4)29(25,6)19-17-26(23)30(27,7)20-18-28(31)32/h16,21-26H,8-15,17-20H2,1-7H3/t22-,23-,24+,25-,26-,29+,30+/m0/s1. The highest BCUT2D eigenvalue weighted by Crippen LogP contribution is 2.69. The summed E-state index contributed by atoms with van der Waals surface area (Å²) in [4.78, 5) is 13.2. The molecule has 1 nitrogen and oxygen atoms in total. The zero-order valence-electron chi connectivity index (χ0n) is 22.4. The molecule has 0 saturated heterocycles. The van der Waals surface area contributed by atoms with Gasteiger partial charge < -0.3 is 0 Å². The number of hydrogen-bond donors (Lipinski definition) is 0. The molecule has 0 spiro atoms. The maximum atomic E-state index is 13.2. The summed E-state index contributed by atoms with van der Waals surface area (Å²) in [6.45, 7) is 17.1. The van der Waals surface area contributed by atoms with Gasteiger partial charge in [-0.15, -0.1) is 0 Å². The largest absolute Gasteiger partial charge is 0.299 e. The highest BCUT2D eigenvalue weighted by molar-refractivity contribution is 5.89. The first-order valence-corrected chi connectivity index (χ1v) is 14.4. The predicted octanol–water partition coefficient (Wildman–Crippen LogP) is 9.01. The molecular weight excluding hydrogens is 388 g/mol. The Labute approximate surface area is 199 Å². The van der Waals surface area contributed by atoms with E-state index in [-0.39, 0.29) is 10.8 Å². The highest BCUT2D eigenvalue weighted by Gasteiger charge is 2.62. The van der Waals surface area contributed by atoms with Crippen LogP contribution in [-0.4, -0.2) is 5.78 Å². The molecule has 0 unspecified atom stereocenters. The second-order valence-corrected chi connectivity index (χ2v) is 13.4. The molecule has 0 aliphatic heterocycles. The minimum atomic E-state index is -0.151. The Morgan fingerprint density at radius 2 is 1.69 bits per heavy atom. The van der Waals surface area contributed by atoms with Crippen LogP contribution in [0.1, 0.15) is 126 Å². The lowest BCUT2D eigenvalue weighted by Gasteiger charge is -2.61. The van der Waals surface area contributed by atoms with Crippen molar-refractivity contribution in [1.29, 1.82) is 0 Å². The van der Waals surface area contributed by atoms with Crippen LogP contribution in [0.3, 0.4) is 0 Å². The molecule has 32 heavy (non-hydrogen) atoms. The van der Waals surface area contributed by atoms with Crippen LogP contribution >= 0.6 is 0 Å². The third kappa shape index (κ3) is 3.58. The van der Waals surface area contributed by atoms with Gasteiger partial charge in [0.15, 0.2) is 0 Å². The lowest BCUT2D eigenvalue weighted by molar-refractivity contribution is -0.134. The molecular formula is C31H52O. The first-order chi connectivity index (χ1) is 15.1. The van der Waals surface area contributed by atoms with E-state index in [2.05, 4.69) is 54.5 Å². The SMILES string of the molecule is CCC1(CC)C(=O)CC[C@@]2(C)C1=CC[C@H]1[C@@H]3CC[C@H]([C@@H](C)CCCC(C)C)[C@@]3(C)CC[C@@H]12. The zero-order chi connectivity index (χ0) is 23.3. The number of fused-ring (bicyclic) bond motifs is 5. The van der Waals surface area contributed by atoms with Gasteiger partial charge in [-0.1, -0.05) is 79.4 Å². The molecule has 7 atom stereocenters. The summed E-state index contributed by atoms with van der Waals surface area (Å²) in [5, 5.41) is 0. The summed E-state index contributed by atoms with van der Waals surface area (Å²) in [7, 11) is 0. The number of carbonyl (C=O) groups is 1. The van der Waals surface area contributed by atoms with Gasteiger partial charge in [0.25, 0.3) is 0 Å². The van der Waals surface area contributed by atoms with Crippen molar-refractivity contribution >= 4 is 5.78 Å². The lowest BCUT2D eigenvalue weighted by Crippen LogP contribution is -2.54. The average molecular weight is 441 g/mol. The van der Waals surface area contributed by atoms with E-state index in [1.165, 1.54) is 51.4 Å². The summed E-state index contributed by atoms with van der Waals surface area (Å²) in [6.07, 6.45) is 17.8. The van der Waals surface area contributed by atoms with Gasteiger partial charge in [-0.2, -0.15) is 0 Å². The number of rotatable bonds is 7. The second-order valence-electron chi connectivity index (χ2n) is 13.4. The number of allylic oxidation sites excluding steroid dienone is 2. The molecule has 4 aliphatic rings. The molecule has 182 valence electrons.